The lowest BCUT2D eigenvalue weighted by Crippen LogP contribution is -2.53. The Kier molecular flexibility index (Phi) is 5.67. The van der Waals surface area contributed by atoms with E-state index in [0.29, 0.717) is 13.3 Å². The van der Waals surface area contributed by atoms with Gasteiger partial charge in [-0.15, -0.1) is 12.4 Å². The molecule has 3 aliphatic rings. The summed E-state index contributed by atoms with van der Waals surface area (Å²) in [4.78, 5) is 7.33. The molecule has 0 radical (unpaired) electrons. The smallest absolute Gasteiger partial charge is 0.231 e. The fraction of sp³-hybridized carbons (Fsp3) is 0.526. The van der Waals surface area contributed by atoms with Crippen LogP contribution in [0.25, 0.3) is 0 Å². The third kappa shape index (κ3) is 3.41. The minimum atomic E-state index is -0.201. The summed E-state index contributed by atoms with van der Waals surface area (Å²) in [5.41, 5.74) is 7.26. The zero-order chi connectivity index (χ0) is 16.4. The Morgan fingerprint density at radius 1 is 1.20 bits per heavy atom. The van der Waals surface area contributed by atoms with E-state index in [0.717, 1.165) is 36.6 Å². The summed E-state index contributed by atoms with van der Waals surface area (Å²) in [5.74, 6) is 1.70. The third-order valence-corrected chi connectivity index (χ3v) is 5.37. The van der Waals surface area contributed by atoms with Gasteiger partial charge in [0.25, 0.3) is 0 Å². The molecule has 3 aliphatic heterocycles. The molecule has 1 aromatic rings. The molecule has 0 aliphatic carbocycles. The molecule has 4 rings (SSSR count). The van der Waals surface area contributed by atoms with Gasteiger partial charge >= 0.3 is 0 Å². The summed E-state index contributed by atoms with van der Waals surface area (Å²) in [5, 5.41) is 0. The molecule has 0 bridgehead atoms. The standard InChI is InChI=1S/C19H25N3O2.ClH/c20-13-19(12-15-6-4-7-16-17(15)24-14-23-16)8-5-9-21-18(19)22-10-2-1-3-11-22;/h4-9,18H,1-3,10-14,20H2;1H. The Hall–Kier alpha value is -1.56. The third-order valence-electron chi connectivity index (χ3n) is 5.37. The van der Waals surface area contributed by atoms with Crippen LogP contribution in [-0.2, 0) is 6.42 Å². The molecule has 136 valence electrons. The molecule has 6 heteroatoms. The maximum Gasteiger partial charge on any atom is 0.231 e. The minimum Gasteiger partial charge on any atom is -0.454 e. The van der Waals surface area contributed by atoms with E-state index in [-0.39, 0.29) is 24.0 Å². The van der Waals surface area contributed by atoms with Crippen LogP contribution in [0, 0.1) is 5.41 Å². The molecule has 2 atom stereocenters. The maximum atomic E-state index is 6.30. The van der Waals surface area contributed by atoms with E-state index in [9.17, 15) is 0 Å². The Balaban J connectivity index is 0.00000182. The van der Waals surface area contributed by atoms with E-state index in [2.05, 4.69) is 17.0 Å². The van der Waals surface area contributed by atoms with Crippen LogP contribution in [0.2, 0.25) is 0 Å². The number of nitrogens with two attached hydrogens (primary N) is 1. The lowest BCUT2D eigenvalue weighted by molar-refractivity contribution is 0.0846. The van der Waals surface area contributed by atoms with Crippen molar-refractivity contribution < 1.29 is 9.47 Å². The SMILES string of the molecule is Cl.NCC1(Cc2cccc3c2OCO3)C=CC=NC1N1CCCCC1. The Labute approximate surface area is 155 Å². The highest BCUT2D eigenvalue weighted by Gasteiger charge is 2.41. The topological polar surface area (TPSA) is 60.1 Å². The van der Waals surface area contributed by atoms with E-state index < -0.39 is 0 Å². The number of hydrogen-bond acceptors (Lipinski definition) is 5. The Morgan fingerprint density at radius 3 is 2.84 bits per heavy atom. The first-order valence-corrected chi connectivity index (χ1v) is 8.85. The number of fused-ring (bicyclic) bond motifs is 1. The van der Waals surface area contributed by atoms with Gasteiger partial charge in [0.05, 0.1) is 0 Å². The van der Waals surface area contributed by atoms with Gasteiger partial charge in [0.2, 0.25) is 6.79 Å². The normalized spacial score (nSPS) is 28.0. The van der Waals surface area contributed by atoms with Crippen molar-refractivity contribution >= 4 is 18.6 Å². The molecular weight excluding hydrogens is 338 g/mol. The number of allylic oxidation sites excluding steroid dienone is 1. The number of benzene rings is 1. The molecule has 5 nitrogen and oxygen atoms in total. The molecule has 3 heterocycles. The summed E-state index contributed by atoms with van der Waals surface area (Å²) in [6.07, 6.45) is 10.9. The molecule has 2 N–H and O–H groups in total. The van der Waals surface area contributed by atoms with Crippen LogP contribution in [0.1, 0.15) is 24.8 Å². The largest absolute Gasteiger partial charge is 0.454 e. The number of likely N-dealkylation sites (tertiary alicyclic amines) is 1. The number of halogens is 1. The number of piperidine rings is 1. The first kappa shape index (κ1) is 18.2. The predicted molar refractivity (Wildman–Crippen MR) is 102 cm³/mol. The van der Waals surface area contributed by atoms with Crippen molar-refractivity contribution in [3.05, 3.63) is 35.9 Å². The van der Waals surface area contributed by atoms with Gasteiger partial charge in [-0.3, -0.25) is 9.89 Å². The van der Waals surface area contributed by atoms with Gasteiger partial charge in [0, 0.05) is 31.3 Å². The fourth-order valence-corrected chi connectivity index (χ4v) is 4.10. The first-order valence-electron chi connectivity index (χ1n) is 8.85. The van der Waals surface area contributed by atoms with Crippen LogP contribution in [0.3, 0.4) is 0 Å². The second-order valence-corrected chi connectivity index (χ2v) is 6.89. The molecule has 25 heavy (non-hydrogen) atoms. The highest BCUT2D eigenvalue weighted by molar-refractivity contribution is 5.85. The average molecular weight is 364 g/mol. The molecule has 0 aromatic heterocycles. The highest BCUT2D eigenvalue weighted by atomic mass is 35.5. The van der Waals surface area contributed by atoms with Crippen molar-refractivity contribution in [1.29, 1.82) is 0 Å². The average Bonchev–Trinajstić information content (AvgIpc) is 3.13. The van der Waals surface area contributed by atoms with Gasteiger partial charge in [0.1, 0.15) is 6.17 Å². The van der Waals surface area contributed by atoms with Crippen molar-refractivity contribution in [2.24, 2.45) is 16.1 Å². The second kappa shape index (κ2) is 7.77. The van der Waals surface area contributed by atoms with E-state index >= 15 is 0 Å². The molecular formula is C19H26ClN3O2. The van der Waals surface area contributed by atoms with Crippen molar-refractivity contribution in [3.8, 4) is 11.5 Å². The van der Waals surface area contributed by atoms with Crippen molar-refractivity contribution in [3.63, 3.8) is 0 Å². The van der Waals surface area contributed by atoms with Crippen molar-refractivity contribution in [1.82, 2.24) is 4.90 Å². The van der Waals surface area contributed by atoms with Crippen LogP contribution >= 0.6 is 12.4 Å². The monoisotopic (exact) mass is 363 g/mol. The number of hydrogen-bond donors (Lipinski definition) is 1. The maximum absolute atomic E-state index is 6.30. The zero-order valence-electron chi connectivity index (χ0n) is 14.4. The van der Waals surface area contributed by atoms with Gasteiger partial charge in [-0.2, -0.15) is 0 Å². The first-order chi connectivity index (χ1) is 11.8. The molecule has 1 saturated heterocycles. The quantitative estimate of drug-likeness (QED) is 0.893. The number of rotatable bonds is 4. The van der Waals surface area contributed by atoms with E-state index in [1.54, 1.807) is 0 Å². The summed E-state index contributed by atoms with van der Waals surface area (Å²) in [6, 6.07) is 6.10. The summed E-state index contributed by atoms with van der Waals surface area (Å²) in [7, 11) is 0. The molecule has 1 fully saturated rings. The van der Waals surface area contributed by atoms with E-state index in [4.69, 9.17) is 20.2 Å². The van der Waals surface area contributed by atoms with Gasteiger partial charge in [-0.1, -0.05) is 24.6 Å². The number of nitrogens with zero attached hydrogens (tertiary/aromatic N) is 2. The second-order valence-electron chi connectivity index (χ2n) is 6.89. The number of para-hydroxylation sites is 1. The Bertz CT molecular complexity index is 658. The lowest BCUT2D eigenvalue weighted by Gasteiger charge is -2.44. The predicted octanol–water partition coefficient (Wildman–Crippen LogP) is 2.78. The van der Waals surface area contributed by atoms with Crippen LogP contribution in [-0.4, -0.2) is 43.7 Å². The Morgan fingerprint density at radius 2 is 2.04 bits per heavy atom. The summed E-state index contributed by atoms with van der Waals surface area (Å²) in [6.45, 7) is 3.06. The molecule has 2 unspecified atom stereocenters. The highest BCUT2D eigenvalue weighted by Crippen LogP contribution is 2.42. The zero-order valence-corrected chi connectivity index (χ0v) is 15.2. The van der Waals surface area contributed by atoms with E-state index in [1.807, 2.05) is 24.4 Å². The minimum absolute atomic E-state index is 0. The van der Waals surface area contributed by atoms with Crippen molar-refractivity contribution in [2.75, 3.05) is 26.4 Å². The van der Waals surface area contributed by atoms with Crippen molar-refractivity contribution in [2.45, 2.75) is 31.8 Å². The summed E-state index contributed by atoms with van der Waals surface area (Å²) < 4.78 is 11.2. The van der Waals surface area contributed by atoms with Crippen LogP contribution < -0.4 is 15.2 Å². The van der Waals surface area contributed by atoms with Gasteiger partial charge in [-0.25, -0.2) is 0 Å². The number of ether oxygens (including phenoxy) is 2. The van der Waals surface area contributed by atoms with Gasteiger partial charge in [-0.05, 0) is 37.0 Å². The van der Waals surface area contributed by atoms with Gasteiger partial charge < -0.3 is 15.2 Å². The molecule has 0 spiro atoms. The van der Waals surface area contributed by atoms with Crippen LogP contribution in [0.5, 0.6) is 11.5 Å². The molecule has 1 aromatic carbocycles. The van der Waals surface area contributed by atoms with E-state index in [1.165, 1.54) is 19.3 Å². The number of aliphatic imine (C=N–C) groups is 1. The fourth-order valence-electron chi connectivity index (χ4n) is 4.10. The van der Waals surface area contributed by atoms with Gasteiger partial charge in [0.15, 0.2) is 11.5 Å². The molecule has 0 saturated carbocycles. The summed E-state index contributed by atoms with van der Waals surface area (Å²) >= 11 is 0. The van der Waals surface area contributed by atoms with Crippen LogP contribution in [0.4, 0.5) is 0 Å². The van der Waals surface area contributed by atoms with Crippen LogP contribution in [0.15, 0.2) is 35.3 Å². The number of dihydropyridines is 1. The lowest BCUT2D eigenvalue weighted by atomic mass is 9.76. The molecule has 0 amide bonds.